The Labute approximate surface area is 184 Å². The highest BCUT2D eigenvalue weighted by atomic mass is 35.5. The first-order valence-electron chi connectivity index (χ1n) is 10.4. The van der Waals surface area contributed by atoms with E-state index in [2.05, 4.69) is 19.9 Å². The number of rotatable bonds is 4. The van der Waals surface area contributed by atoms with Crippen molar-refractivity contribution < 1.29 is 4.79 Å². The van der Waals surface area contributed by atoms with Crippen molar-refractivity contribution >= 4 is 45.3 Å². The number of imidazole rings is 1. The number of anilines is 1. The zero-order valence-corrected chi connectivity index (χ0v) is 18.0. The number of H-pyrrole nitrogens is 1. The van der Waals surface area contributed by atoms with Crippen LogP contribution in [0.4, 0.5) is 5.82 Å². The number of nitrogens with one attached hydrogen (secondary N) is 1. The van der Waals surface area contributed by atoms with Gasteiger partial charge in [0.25, 0.3) is 0 Å². The highest BCUT2D eigenvalue weighted by Gasteiger charge is 2.27. The molecule has 0 bridgehead atoms. The number of fused-ring (bicyclic) bond motifs is 2. The number of benzene rings is 2. The summed E-state index contributed by atoms with van der Waals surface area (Å²) in [4.78, 5) is 31.4. The highest BCUT2D eigenvalue weighted by Crippen LogP contribution is 2.26. The smallest absolute Gasteiger partial charge is 0.223 e. The normalized spacial score (nSPS) is 17.0. The minimum Gasteiger partial charge on any atom is -0.383 e. The van der Waals surface area contributed by atoms with E-state index >= 15 is 0 Å². The number of nitrogens with zero attached hydrogens (tertiary/aromatic N) is 4. The van der Waals surface area contributed by atoms with Crippen LogP contribution in [0.3, 0.4) is 0 Å². The Morgan fingerprint density at radius 3 is 2.87 bits per heavy atom. The Bertz CT molecular complexity index is 1300. The minimum atomic E-state index is 0.175. The van der Waals surface area contributed by atoms with Crippen LogP contribution in [-0.4, -0.2) is 37.3 Å². The summed E-state index contributed by atoms with van der Waals surface area (Å²) in [7, 11) is 0. The molecular weight excluding hydrogens is 412 g/mol. The van der Waals surface area contributed by atoms with Gasteiger partial charge in [-0.25, -0.2) is 15.0 Å². The van der Waals surface area contributed by atoms with Crippen LogP contribution in [0.5, 0.6) is 0 Å². The van der Waals surface area contributed by atoms with Crippen molar-refractivity contribution in [2.75, 3.05) is 12.3 Å². The maximum absolute atomic E-state index is 12.8. The van der Waals surface area contributed by atoms with E-state index < -0.39 is 0 Å². The van der Waals surface area contributed by atoms with Gasteiger partial charge in [0, 0.05) is 36.3 Å². The monoisotopic (exact) mass is 434 g/mol. The Morgan fingerprint density at radius 2 is 2.03 bits per heavy atom. The van der Waals surface area contributed by atoms with Crippen molar-refractivity contribution in [3.05, 3.63) is 58.6 Å². The number of amides is 1. The molecular formula is C23H23ClN6O. The summed E-state index contributed by atoms with van der Waals surface area (Å²) in [5.74, 6) is 2.50. The lowest BCUT2D eigenvalue weighted by molar-refractivity contribution is -0.135. The van der Waals surface area contributed by atoms with E-state index in [0.29, 0.717) is 29.6 Å². The molecule has 0 radical (unpaired) electrons. The fourth-order valence-corrected chi connectivity index (χ4v) is 4.50. The molecule has 1 aliphatic heterocycles. The van der Waals surface area contributed by atoms with Crippen molar-refractivity contribution in [2.45, 2.75) is 32.7 Å². The van der Waals surface area contributed by atoms with Gasteiger partial charge in [0.2, 0.25) is 5.91 Å². The lowest BCUT2D eigenvalue weighted by Gasteiger charge is -2.31. The molecule has 3 heterocycles. The Morgan fingerprint density at radius 1 is 1.16 bits per heavy atom. The number of nitrogen functional groups attached to an aromatic ring is 1. The third-order valence-electron chi connectivity index (χ3n) is 5.87. The summed E-state index contributed by atoms with van der Waals surface area (Å²) in [5, 5.41) is 1.52. The number of hydrogen-bond acceptors (Lipinski definition) is 5. The van der Waals surface area contributed by atoms with Crippen LogP contribution in [0.1, 0.15) is 30.1 Å². The summed E-state index contributed by atoms with van der Waals surface area (Å²) >= 11 is 6.06. The first-order valence-corrected chi connectivity index (χ1v) is 10.8. The third kappa shape index (κ3) is 4.05. The van der Waals surface area contributed by atoms with Gasteiger partial charge < -0.3 is 15.6 Å². The molecule has 8 heteroatoms. The van der Waals surface area contributed by atoms with E-state index in [1.807, 2.05) is 48.2 Å². The molecule has 2 aromatic heterocycles. The highest BCUT2D eigenvalue weighted by molar-refractivity contribution is 6.31. The van der Waals surface area contributed by atoms with Gasteiger partial charge in [-0.2, -0.15) is 0 Å². The topological polar surface area (TPSA) is 101 Å². The lowest BCUT2D eigenvalue weighted by atomic mass is 9.92. The summed E-state index contributed by atoms with van der Waals surface area (Å²) in [6.45, 7) is 3.14. The van der Waals surface area contributed by atoms with E-state index in [1.165, 1.54) is 0 Å². The number of aromatic amines is 1. The predicted octanol–water partition coefficient (Wildman–Crippen LogP) is 4.03. The van der Waals surface area contributed by atoms with Gasteiger partial charge >= 0.3 is 0 Å². The molecule has 5 rings (SSSR count). The molecule has 1 fully saturated rings. The second kappa shape index (κ2) is 7.81. The van der Waals surface area contributed by atoms with E-state index in [0.717, 1.165) is 52.7 Å². The maximum atomic E-state index is 12.8. The van der Waals surface area contributed by atoms with Crippen LogP contribution in [0.15, 0.2) is 36.4 Å². The van der Waals surface area contributed by atoms with Crippen LogP contribution in [0.2, 0.25) is 5.02 Å². The molecule has 31 heavy (non-hydrogen) atoms. The quantitative estimate of drug-likeness (QED) is 0.505. The van der Waals surface area contributed by atoms with Crippen molar-refractivity contribution in [3.8, 4) is 0 Å². The predicted molar refractivity (Wildman–Crippen MR) is 122 cm³/mol. The van der Waals surface area contributed by atoms with E-state index in [4.69, 9.17) is 17.3 Å². The van der Waals surface area contributed by atoms with Crippen molar-refractivity contribution in [1.29, 1.82) is 0 Å². The van der Waals surface area contributed by atoms with Crippen LogP contribution < -0.4 is 5.73 Å². The molecule has 3 N–H and O–H groups in total. The number of likely N-dealkylation sites (tertiary alicyclic amines) is 1. The van der Waals surface area contributed by atoms with Crippen LogP contribution in [-0.2, 0) is 17.8 Å². The fraction of sp³-hybridized carbons (Fsp3) is 0.304. The standard InChI is InChI=1S/C23H23ClN6O/c1-13-26-19-8-15(2-4-17(19)23(25)27-13)12-30-7-6-14(10-22(30)31)9-21-28-18-5-3-16(24)11-20(18)29-21/h2-5,8,11,14H,6-7,9-10,12H2,1H3,(H,28,29)(H2,25,26,27). The molecule has 2 aromatic carbocycles. The summed E-state index contributed by atoms with van der Waals surface area (Å²) in [6.07, 6.45) is 2.24. The van der Waals surface area contributed by atoms with Gasteiger partial charge in [0.15, 0.2) is 0 Å². The SMILES string of the molecule is Cc1nc(N)c2ccc(CN3CCC(Cc4nc5ccc(Cl)cc5[nH]4)CC3=O)cc2n1. The largest absolute Gasteiger partial charge is 0.383 e. The van der Waals surface area contributed by atoms with Gasteiger partial charge in [-0.1, -0.05) is 17.7 Å². The second-order valence-corrected chi connectivity index (χ2v) is 8.67. The van der Waals surface area contributed by atoms with Crippen LogP contribution in [0, 0.1) is 12.8 Å². The molecule has 1 saturated heterocycles. The molecule has 1 atom stereocenters. The molecule has 4 aromatic rings. The number of carbonyl (C=O) groups excluding carboxylic acids is 1. The fourth-order valence-electron chi connectivity index (χ4n) is 4.33. The number of aromatic nitrogens is 4. The van der Waals surface area contributed by atoms with Gasteiger partial charge in [-0.05, 0) is 55.2 Å². The molecule has 0 saturated carbocycles. The average Bonchev–Trinajstić information content (AvgIpc) is 3.11. The Hall–Kier alpha value is -3.19. The summed E-state index contributed by atoms with van der Waals surface area (Å²) < 4.78 is 0. The number of piperidine rings is 1. The maximum Gasteiger partial charge on any atom is 0.223 e. The number of aryl methyl sites for hydroxylation is 1. The van der Waals surface area contributed by atoms with E-state index in [9.17, 15) is 4.79 Å². The van der Waals surface area contributed by atoms with Crippen molar-refractivity contribution in [3.63, 3.8) is 0 Å². The molecule has 0 spiro atoms. The van der Waals surface area contributed by atoms with Crippen molar-refractivity contribution in [1.82, 2.24) is 24.8 Å². The molecule has 1 unspecified atom stereocenters. The summed E-state index contributed by atoms with van der Waals surface area (Å²) in [6, 6.07) is 11.6. The number of nitrogens with two attached hydrogens (primary N) is 1. The van der Waals surface area contributed by atoms with Gasteiger partial charge in [-0.15, -0.1) is 0 Å². The van der Waals surface area contributed by atoms with Crippen molar-refractivity contribution in [2.24, 2.45) is 5.92 Å². The minimum absolute atomic E-state index is 0.175. The van der Waals surface area contributed by atoms with E-state index in [1.54, 1.807) is 0 Å². The summed E-state index contributed by atoms with van der Waals surface area (Å²) in [5.41, 5.74) is 9.69. The second-order valence-electron chi connectivity index (χ2n) is 8.23. The molecule has 1 aliphatic rings. The Balaban J connectivity index is 1.25. The van der Waals surface area contributed by atoms with E-state index in [-0.39, 0.29) is 11.8 Å². The number of halogens is 1. The van der Waals surface area contributed by atoms with Crippen LogP contribution in [0.25, 0.3) is 21.9 Å². The van der Waals surface area contributed by atoms with Crippen LogP contribution >= 0.6 is 11.6 Å². The first kappa shape index (κ1) is 19.8. The first-order chi connectivity index (χ1) is 14.9. The Kier molecular flexibility index (Phi) is 4.98. The molecule has 1 amide bonds. The van der Waals surface area contributed by atoms with Gasteiger partial charge in [-0.3, -0.25) is 4.79 Å². The van der Waals surface area contributed by atoms with Gasteiger partial charge in [0.05, 0.1) is 16.6 Å². The molecule has 7 nitrogen and oxygen atoms in total. The average molecular weight is 435 g/mol. The lowest BCUT2D eigenvalue weighted by Crippen LogP contribution is -2.38. The zero-order chi connectivity index (χ0) is 21.5. The van der Waals surface area contributed by atoms with Gasteiger partial charge in [0.1, 0.15) is 17.5 Å². The molecule has 0 aliphatic carbocycles. The third-order valence-corrected chi connectivity index (χ3v) is 6.11. The number of carbonyl (C=O) groups is 1. The number of hydrogen-bond donors (Lipinski definition) is 2. The zero-order valence-electron chi connectivity index (χ0n) is 17.2. The molecule has 158 valence electrons.